The Morgan fingerprint density at radius 2 is 1.82 bits per heavy atom. The van der Waals surface area contributed by atoms with Crippen LogP contribution < -0.4 is 5.14 Å². The number of benzene rings is 2. The average Bonchev–Trinajstić information content (AvgIpc) is 2.96. The maximum Gasteiger partial charge on any atom is 0.416 e. The molecule has 0 aliphatic heterocycles. The number of aromatic nitrogens is 2. The van der Waals surface area contributed by atoms with Crippen molar-refractivity contribution < 1.29 is 21.6 Å². The van der Waals surface area contributed by atoms with Gasteiger partial charge in [0, 0.05) is 11.8 Å². The number of alkyl halides is 3. The molecule has 0 spiro atoms. The molecule has 3 aromatic rings. The lowest BCUT2D eigenvalue weighted by Crippen LogP contribution is -2.11. The predicted molar refractivity (Wildman–Crippen MR) is 102 cm³/mol. The van der Waals surface area contributed by atoms with E-state index in [4.69, 9.17) is 5.14 Å². The summed E-state index contributed by atoms with van der Waals surface area (Å²) in [6, 6.07) is 9.54. The summed E-state index contributed by atoms with van der Waals surface area (Å²) in [5.41, 5.74) is 1.30. The van der Waals surface area contributed by atoms with Crippen molar-refractivity contribution in [2.75, 3.05) is 0 Å². The molecule has 0 saturated carbocycles. The number of halogens is 3. The van der Waals surface area contributed by atoms with E-state index in [9.17, 15) is 21.6 Å². The van der Waals surface area contributed by atoms with Crippen molar-refractivity contribution in [1.82, 2.24) is 9.55 Å². The van der Waals surface area contributed by atoms with Crippen LogP contribution in [0.5, 0.6) is 0 Å². The number of sulfonamides is 1. The highest BCUT2D eigenvalue weighted by molar-refractivity contribution is 7.99. The fourth-order valence-corrected chi connectivity index (χ4v) is 4.48. The fourth-order valence-electron chi connectivity index (χ4n) is 2.83. The van der Waals surface area contributed by atoms with Crippen LogP contribution in [-0.4, -0.2) is 18.0 Å². The SMILES string of the molecule is CCn1c(SC(C)c2ccc(C(F)(F)F)cc2)nc2cc(S(N)(=O)=O)ccc21. The maximum atomic E-state index is 12.7. The Morgan fingerprint density at radius 1 is 1.18 bits per heavy atom. The monoisotopic (exact) mass is 429 g/mol. The third kappa shape index (κ3) is 4.18. The number of imidazole rings is 1. The number of hydrogen-bond acceptors (Lipinski definition) is 4. The molecule has 1 atom stereocenters. The molecule has 28 heavy (non-hydrogen) atoms. The van der Waals surface area contributed by atoms with Crippen molar-refractivity contribution in [1.29, 1.82) is 0 Å². The van der Waals surface area contributed by atoms with Gasteiger partial charge in [0.2, 0.25) is 10.0 Å². The Balaban J connectivity index is 1.92. The summed E-state index contributed by atoms with van der Waals surface area (Å²) in [7, 11) is -3.83. The lowest BCUT2D eigenvalue weighted by Gasteiger charge is -2.14. The first kappa shape index (κ1) is 20.7. The van der Waals surface area contributed by atoms with Crippen LogP contribution in [0.3, 0.4) is 0 Å². The molecule has 0 aliphatic rings. The summed E-state index contributed by atoms with van der Waals surface area (Å²) in [6.45, 7) is 4.41. The number of rotatable bonds is 5. The van der Waals surface area contributed by atoms with Crippen molar-refractivity contribution in [3.8, 4) is 0 Å². The van der Waals surface area contributed by atoms with E-state index >= 15 is 0 Å². The van der Waals surface area contributed by atoms with E-state index in [1.807, 2.05) is 18.4 Å². The number of hydrogen-bond donors (Lipinski definition) is 1. The number of fused-ring (bicyclic) bond motifs is 1. The van der Waals surface area contributed by atoms with Gasteiger partial charge in [0.15, 0.2) is 5.16 Å². The van der Waals surface area contributed by atoms with Crippen LogP contribution in [0, 0.1) is 0 Å². The topological polar surface area (TPSA) is 78.0 Å². The van der Waals surface area contributed by atoms with Gasteiger partial charge in [-0.25, -0.2) is 18.5 Å². The zero-order chi connectivity index (χ0) is 20.7. The molecular weight excluding hydrogens is 411 g/mol. The molecule has 1 aromatic heterocycles. The van der Waals surface area contributed by atoms with Gasteiger partial charge in [-0.3, -0.25) is 0 Å². The second-order valence-electron chi connectivity index (χ2n) is 6.21. The van der Waals surface area contributed by atoms with Crippen molar-refractivity contribution in [2.24, 2.45) is 5.14 Å². The van der Waals surface area contributed by atoms with Crippen LogP contribution in [0.1, 0.15) is 30.2 Å². The summed E-state index contributed by atoms with van der Waals surface area (Å²) < 4.78 is 63.2. The van der Waals surface area contributed by atoms with E-state index in [0.29, 0.717) is 17.2 Å². The van der Waals surface area contributed by atoms with E-state index in [1.165, 1.54) is 36.0 Å². The van der Waals surface area contributed by atoms with Crippen molar-refractivity contribution in [2.45, 2.75) is 41.9 Å². The quantitative estimate of drug-likeness (QED) is 0.603. The number of nitrogens with zero attached hydrogens (tertiary/aromatic N) is 2. The van der Waals surface area contributed by atoms with E-state index in [0.717, 1.165) is 23.2 Å². The van der Waals surface area contributed by atoms with Gasteiger partial charge < -0.3 is 4.57 Å². The normalized spacial score (nSPS) is 13.8. The molecule has 2 N–H and O–H groups in total. The molecule has 10 heteroatoms. The zero-order valence-electron chi connectivity index (χ0n) is 15.1. The molecule has 0 amide bonds. The summed E-state index contributed by atoms with van der Waals surface area (Å²) >= 11 is 1.39. The molecule has 3 rings (SSSR count). The lowest BCUT2D eigenvalue weighted by molar-refractivity contribution is -0.137. The van der Waals surface area contributed by atoms with E-state index in [1.54, 1.807) is 6.07 Å². The number of aryl methyl sites for hydroxylation is 1. The largest absolute Gasteiger partial charge is 0.416 e. The Hall–Kier alpha value is -2.04. The van der Waals surface area contributed by atoms with Gasteiger partial charge in [-0.15, -0.1) is 0 Å². The first-order chi connectivity index (χ1) is 13.0. The first-order valence-electron chi connectivity index (χ1n) is 8.37. The second kappa shape index (κ2) is 7.41. The Kier molecular flexibility index (Phi) is 5.48. The average molecular weight is 429 g/mol. The molecule has 150 valence electrons. The van der Waals surface area contributed by atoms with Crippen molar-refractivity contribution >= 4 is 32.8 Å². The van der Waals surface area contributed by atoms with E-state index < -0.39 is 21.8 Å². The minimum Gasteiger partial charge on any atom is -0.319 e. The van der Waals surface area contributed by atoms with Crippen molar-refractivity contribution in [3.05, 3.63) is 53.6 Å². The Morgan fingerprint density at radius 3 is 2.36 bits per heavy atom. The van der Waals surface area contributed by atoms with Crippen LogP contribution in [0.15, 0.2) is 52.5 Å². The molecule has 1 heterocycles. The van der Waals surface area contributed by atoms with Crippen LogP contribution in [0.4, 0.5) is 13.2 Å². The fraction of sp³-hybridized carbons (Fsp3) is 0.278. The van der Waals surface area contributed by atoms with Gasteiger partial charge in [-0.05, 0) is 49.7 Å². The molecule has 0 aliphatic carbocycles. The predicted octanol–water partition coefficient (Wildman–Crippen LogP) is 4.58. The number of nitrogens with two attached hydrogens (primary N) is 1. The van der Waals surface area contributed by atoms with Gasteiger partial charge in [0.05, 0.1) is 21.5 Å². The van der Waals surface area contributed by atoms with Gasteiger partial charge >= 0.3 is 6.18 Å². The molecule has 0 bridgehead atoms. The van der Waals surface area contributed by atoms with E-state index in [-0.39, 0.29) is 10.1 Å². The number of primary sulfonamides is 1. The minimum atomic E-state index is -4.37. The summed E-state index contributed by atoms with van der Waals surface area (Å²) in [5, 5.41) is 5.68. The number of thioether (sulfide) groups is 1. The highest BCUT2D eigenvalue weighted by atomic mass is 32.2. The highest BCUT2D eigenvalue weighted by Gasteiger charge is 2.30. The molecule has 5 nitrogen and oxygen atoms in total. The zero-order valence-corrected chi connectivity index (χ0v) is 16.7. The molecule has 2 aromatic carbocycles. The Labute approximate surface area is 164 Å². The van der Waals surface area contributed by atoms with Gasteiger partial charge in [0.1, 0.15) is 0 Å². The molecule has 0 radical (unpaired) electrons. The second-order valence-corrected chi connectivity index (χ2v) is 9.08. The standard InChI is InChI=1S/C18H18F3N3O2S2/c1-3-24-16-9-8-14(28(22,25)26)10-15(16)23-17(24)27-11(2)12-4-6-13(7-5-12)18(19,20)21/h4-11H,3H2,1-2H3,(H2,22,25,26). The van der Waals surface area contributed by atoms with Crippen LogP contribution >= 0.6 is 11.8 Å². The molecule has 0 fully saturated rings. The van der Waals surface area contributed by atoms with E-state index in [2.05, 4.69) is 4.98 Å². The molecule has 1 unspecified atom stereocenters. The third-order valence-electron chi connectivity index (χ3n) is 4.32. The van der Waals surface area contributed by atoms with Gasteiger partial charge in [0.25, 0.3) is 0 Å². The van der Waals surface area contributed by atoms with Crippen LogP contribution in [0.2, 0.25) is 0 Å². The molecular formula is C18H18F3N3O2S2. The van der Waals surface area contributed by atoms with Crippen molar-refractivity contribution in [3.63, 3.8) is 0 Å². The van der Waals surface area contributed by atoms with Crippen LogP contribution in [-0.2, 0) is 22.7 Å². The molecule has 0 saturated heterocycles. The first-order valence-corrected chi connectivity index (χ1v) is 10.8. The summed E-state index contributed by atoms with van der Waals surface area (Å²) in [4.78, 5) is 4.49. The highest BCUT2D eigenvalue weighted by Crippen LogP contribution is 2.37. The Bertz CT molecular complexity index is 1110. The van der Waals surface area contributed by atoms with Gasteiger partial charge in [-0.1, -0.05) is 23.9 Å². The van der Waals surface area contributed by atoms with Gasteiger partial charge in [-0.2, -0.15) is 13.2 Å². The van der Waals surface area contributed by atoms with Crippen LogP contribution in [0.25, 0.3) is 11.0 Å². The lowest BCUT2D eigenvalue weighted by atomic mass is 10.1. The minimum absolute atomic E-state index is 0.0203. The smallest absolute Gasteiger partial charge is 0.319 e. The maximum absolute atomic E-state index is 12.7. The summed E-state index contributed by atoms with van der Waals surface area (Å²) in [5.74, 6) is 0. The third-order valence-corrected chi connectivity index (χ3v) is 6.38. The summed E-state index contributed by atoms with van der Waals surface area (Å²) in [6.07, 6.45) is -4.37.